The molecule has 19 heavy (non-hydrogen) atoms. The first-order chi connectivity index (χ1) is 9.28. The predicted octanol–water partition coefficient (Wildman–Crippen LogP) is 3.32. The van der Waals surface area contributed by atoms with Crippen molar-refractivity contribution in [1.29, 1.82) is 0 Å². The molecule has 0 N–H and O–H groups in total. The lowest BCUT2D eigenvalue weighted by atomic mass is 9.99. The summed E-state index contributed by atoms with van der Waals surface area (Å²) in [5.41, 5.74) is 3.87. The summed E-state index contributed by atoms with van der Waals surface area (Å²) in [5, 5.41) is 0. The number of ether oxygens (including phenoxy) is 2. The molecule has 2 rings (SSSR count). The van der Waals surface area contributed by atoms with Gasteiger partial charge in [-0.05, 0) is 28.8 Å². The van der Waals surface area contributed by atoms with E-state index in [1.165, 1.54) is 0 Å². The summed E-state index contributed by atoms with van der Waals surface area (Å²) in [6.45, 7) is 0.516. The van der Waals surface area contributed by atoms with Gasteiger partial charge in [0.1, 0.15) is 12.0 Å². The van der Waals surface area contributed by atoms with E-state index in [1.54, 1.807) is 14.2 Å². The lowest BCUT2D eigenvalue weighted by molar-refractivity contribution is 0.112. The van der Waals surface area contributed by atoms with Crippen LogP contribution in [-0.4, -0.2) is 20.5 Å². The van der Waals surface area contributed by atoms with Crippen LogP contribution in [0.25, 0.3) is 11.1 Å². The van der Waals surface area contributed by atoms with Crippen molar-refractivity contribution < 1.29 is 14.3 Å². The summed E-state index contributed by atoms with van der Waals surface area (Å²) in [6.07, 6.45) is 0.841. The van der Waals surface area contributed by atoms with Crippen molar-refractivity contribution in [2.24, 2.45) is 0 Å². The standard InChI is InChI=1S/C16H16O3/c1-18-11-14-9-15(19-2)7-8-16(14)13-5-3-12(10-17)4-6-13/h3-10H,11H2,1-2H3. The molecule has 0 aliphatic heterocycles. The Bertz CT molecular complexity index is 559. The molecule has 3 nitrogen and oxygen atoms in total. The minimum absolute atomic E-state index is 0.516. The Labute approximate surface area is 112 Å². The van der Waals surface area contributed by atoms with E-state index in [0.29, 0.717) is 12.2 Å². The third-order valence-electron chi connectivity index (χ3n) is 2.97. The molecule has 0 heterocycles. The van der Waals surface area contributed by atoms with Crippen molar-refractivity contribution >= 4 is 6.29 Å². The maximum absolute atomic E-state index is 10.7. The normalized spacial score (nSPS) is 10.2. The Morgan fingerprint density at radius 1 is 1.05 bits per heavy atom. The van der Waals surface area contributed by atoms with Crippen LogP contribution in [0.4, 0.5) is 0 Å². The van der Waals surface area contributed by atoms with Crippen molar-refractivity contribution in [2.45, 2.75) is 6.61 Å². The summed E-state index contributed by atoms with van der Waals surface area (Å²) in [4.78, 5) is 10.7. The summed E-state index contributed by atoms with van der Waals surface area (Å²) < 4.78 is 10.4. The van der Waals surface area contributed by atoms with Gasteiger partial charge in [0.2, 0.25) is 0 Å². The van der Waals surface area contributed by atoms with E-state index >= 15 is 0 Å². The van der Waals surface area contributed by atoms with Gasteiger partial charge in [-0.3, -0.25) is 4.79 Å². The molecule has 0 amide bonds. The van der Waals surface area contributed by atoms with E-state index in [-0.39, 0.29) is 0 Å². The van der Waals surface area contributed by atoms with Gasteiger partial charge in [0.25, 0.3) is 0 Å². The van der Waals surface area contributed by atoms with Crippen LogP contribution in [0.15, 0.2) is 42.5 Å². The van der Waals surface area contributed by atoms with Crippen LogP contribution in [-0.2, 0) is 11.3 Å². The fraction of sp³-hybridized carbons (Fsp3) is 0.188. The van der Waals surface area contributed by atoms with Gasteiger partial charge in [-0.2, -0.15) is 0 Å². The molecule has 2 aromatic rings. The Morgan fingerprint density at radius 3 is 2.37 bits per heavy atom. The molecule has 2 aromatic carbocycles. The number of hydrogen-bond acceptors (Lipinski definition) is 3. The molecule has 0 aromatic heterocycles. The van der Waals surface area contributed by atoms with Crippen molar-refractivity contribution in [2.75, 3.05) is 14.2 Å². The lowest BCUT2D eigenvalue weighted by Crippen LogP contribution is -1.94. The van der Waals surface area contributed by atoms with Crippen LogP contribution in [0, 0.1) is 0 Å². The van der Waals surface area contributed by atoms with Gasteiger partial charge >= 0.3 is 0 Å². The second-order valence-electron chi connectivity index (χ2n) is 4.20. The minimum atomic E-state index is 0.516. The fourth-order valence-electron chi connectivity index (χ4n) is 1.99. The van der Waals surface area contributed by atoms with E-state index in [0.717, 1.165) is 28.7 Å². The van der Waals surface area contributed by atoms with Crippen LogP contribution in [0.1, 0.15) is 15.9 Å². The monoisotopic (exact) mass is 256 g/mol. The zero-order chi connectivity index (χ0) is 13.7. The molecule has 0 bridgehead atoms. The topological polar surface area (TPSA) is 35.5 Å². The van der Waals surface area contributed by atoms with Crippen LogP contribution in [0.5, 0.6) is 5.75 Å². The number of carbonyl (C=O) groups is 1. The zero-order valence-corrected chi connectivity index (χ0v) is 11.1. The van der Waals surface area contributed by atoms with Crippen LogP contribution in [0.3, 0.4) is 0 Å². The van der Waals surface area contributed by atoms with Crippen molar-refractivity contribution in [3.8, 4) is 16.9 Å². The average molecular weight is 256 g/mol. The van der Waals surface area contributed by atoms with Crippen molar-refractivity contribution in [3.05, 3.63) is 53.6 Å². The lowest BCUT2D eigenvalue weighted by Gasteiger charge is -2.11. The second-order valence-corrected chi connectivity index (χ2v) is 4.20. The molecular formula is C16H16O3. The summed E-state index contributed by atoms with van der Waals surface area (Å²) in [7, 11) is 3.31. The highest BCUT2D eigenvalue weighted by Crippen LogP contribution is 2.28. The number of carbonyl (C=O) groups excluding carboxylic acids is 1. The molecule has 3 heteroatoms. The first-order valence-corrected chi connectivity index (χ1v) is 6.00. The second kappa shape index (κ2) is 6.16. The molecule has 0 saturated heterocycles. The number of methoxy groups -OCH3 is 2. The molecule has 0 radical (unpaired) electrons. The Hall–Kier alpha value is -2.13. The van der Waals surface area contributed by atoms with E-state index in [4.69, 9.17) is 9.47 Å². The molecule has 0 saturated carbocycles. The molecule has 0 spiro atoms. The molecular weight excluding hydrogens is 240 g/mol. The number of hydrogen-bond donors (Lipinski definition) is 0. The van der Waals surface area contributed by atoms with Gasteiger partial charge in [-0.1, -0.05) is 30.3 Å². The van der Waals surface area contributed by atoms with Crippen LogP contribution in [0.2, 0.25) is 0 Å². The van der Waals surface area contributed by atoms with Crippen molar-refractivity contribution in [3.63, 3.8) is 0 Å². The fourth-order valence-corrected chi connectivity index (χ4v) is 1.99. The highest BCUT2D eigenvalue weighted by Gasteiger charge is 2.07. The molecule has 0 atom stereocenters. The Morgan fingerprint density at radius 2 is 1.79 bits per heavy atom. The minimum Gasteiger partial charge on any atom is -0.497 e. The van der Waals surface area contributed by atoms with Crippen molar-refractivity contribution in [1.82, 2.24) is 0 Å². The Kier molecular flexibility index (Phi) is 4.31. The van der Waals surface area contributed by atoms with Crippen LogP contribution >= 0.6 is 0 Å². The van der Waals surface area contributed by atoms with Gasteiger partial charge in [0.15, 0.2) is 0 Å². The number of aldehydes is 1. The summed E-state index contributed by atoms with van der Waals surface area (Å²) >= 11 is 0. The smallest absolute Gasteiger partial charge is 0.150 e. The first kappa shape index (κ1) is 13.3. The zero-order valence-electron chi connectivity index (χ0n) is 11.1. The first-order valence-electron chi connectivity index (χ1n) is 6.00. The predicted molar refractivity (Wildman–Crippen MR) is 74.5 cm³/mol. The third kappa shape index (κ3) is 3.01. The number of rotatable bonds is 5. The van der Waals surface area contributed by atoms with E-state index < -0.39 is 0 Å². The van der Waals surface area contributed by atoms with Gasteiger partial charge in [0, 0.05) is 12.7 Å². The summed E-state index contributed by atoms with van der Waals surface area (Å²) in [6, 6.07) is 13.4. The van der Waals surface area contributed by atoms with E-state index in [1.807, 2.05) is 42.5 Å². The Balaban J connectivity index is 2.43. The molecule has 98 valence electrons. The van der Waals surface area contributed by atoms with Gasteiger partial charge in [0.05, 0.1) is 13.7 Å². The highest BCUT2D eigenvalue weighted by molar-refractivity contribution is 5.77. The summed E-state index contributed by atoms with van der Waals surface area (Å²) in [5.74, 6) is 0.806. The van der Waals surface area contributed by atoms with Crippen LogP contribution < -0.4 is 4.74 Å². The van der Waals surface area contributed by atoms with Gasteiger partial charge in [-0.25, -0.2) is 0 Å². The van der Waals surface area contributed by atoms with E-state index in [2.05, 4.69) is 0 Å². The largest absolute Gasteiger partial charge is 0.497 e. The van der Waals surface area contributed by atoms with E-state index in [9.17, 15) is 4.79 Å². The maximum atomic E-state index is 10.7. The SMILES string of the molecule is COCc1cc(OC)ccc1-c1ccc(C=O)cc1. The van der Waals surface area contributed by atoms with Gasteiger partial charge in [-0.15, -0.1) is 0 Å². The van der Waals surface area contributed by atoms with Gasteiger partial charge < -0.3 is 9.47 Å². The molecule has 0 fully saturated rings. The number of benzene rings is 2. The maximum Gasteiger partial charge on any atom is 0.150 e. The molecule has 0 aliphatic carbocycles. The molecule has 0 aliphatic rings. The average Bonchev–Trinajstić information content (AvgIpc) is 2.47. The third-order valence-corrected chi connectivity index (χ3v) is 2.97. The highest BCUT2D eigenvalue weighted by atomic mass is 16.5. The molecule has 0 unspecified atom stereocenters. The quantitative estimate of drug-likeness (QED) is 0.770.